The zero-order valence-electron chi connectivity index (χ0n) is 19.3. The Balaban J connectivity index is 1.59. The van der Waals surface area contributed by atoms with Gasteiger partial charge in [0.2, 0.25) is 11.7 Å². The number of hydrogen-bond donors (Lipinski definition) is 1. The summed E-state index contributed by atoms with van der Waals surface area (Å²) in [5.41, 5.74) is 0.632. The van der Waals surface area contributed by atoms with Crippen LogP contribution in [0.5, 0.6) is 5.75 Å². The van der Waals surface area contributed by atoms with Gasteiger partial charge >= 0.3 is 0 Å². The number of carbonyl (C=O) groups is 2. The lowest BCUT2D eigenvalue weighted by Crippen LogP contribution is -2.47. The first-order valence-electron chi connectivity index (χ1n) is 11.4. The van der Waals surface area contributed by atoms with Crippen molar-refractivity contribution in [2.24, 2.45) is 0 Å². The molecule has 0 saturated heterocycles. The van der Waals surface area contributed by atoms with E-state index in [2.05, 4.69) is 4.98 Å². The van der Waals surface area contributed by atoms with E-state index in [-0.39, 0.29) is 49.4 Å². The van der Waals surface area contributed by atoms with Crippen LogP contribution in [0.25, 0.3) is 0 Å². The Kier molecular flexibility index (Phi) is 7.36. The summed E-state index contributed by atoms with van der Waals surface area (Å²) in [6, 6.07) is 14.6. The van der Waals surface area contributed by atoms with Crippen LogP contribution in [0.2, 0.25) is 0 Å². The summed E-state index contributed by atoms with van der Waals surface area (Å²) in [6.07, 6.45) is 0.266. The number of Topliss-reactive ketones (excluding diaryl/α,β-unsaturated/α-hetero) is 1. The molecular weight excluding hydrogens is 453 g/mol. The number of fused-ring (bicyclic) bond motifs is 1. The highest BCUT2D eigenvalue weighted by atomic mass is 19.1. The summed E-state index contributed by atoms with van der Waals surface area (Å²) >= 11 is 0. The lowest BCUT2D eigenvalue weighted by Gasteiger charge is -2.36. The van der Waals surface area contributed by atoms with Crippen molar-refractivity contribution in [3.63, 3.8) is 0 Å². The highest BCUT2D eigenvalue weighted by Crippen LogP contribution is 2.26. The number of benzene rings is 2. The molecule has 1 unspecified atom stereocenters. The van der Waals surface area contributed by atoms with Crippen LogP contribution in [-0.4, -0.2) is 44.4 Å². The van der Waals surface area contributed by atoms with Gasteiger partial charge in [0.05, 0.1) is 13.2 Å². The van der Waals surface area contributed by atoms with Gasteiger partial charge in [-0.25, -0.2) is 9.37 Å². The van der Waals surface area contributed by atoms with Crippen molar-refractivity contribution in [3.8, 4) is 5.75 Å². The molecule has 0 aliphatic carbocycles. The van der Waals surface area contributed by atoms with Crippen LogP contribution in [-0.2, 0) is 29.1 Å². The fourth-order valence-corrected chi connectivity index (χ4v) is 4.16. The first kappa shape index (κ1) is 24.3. The molecule has 1 aliphatic heterocycles. The molecule has 1 amide bonds. The number of aromatic nitrogens is 2. The molecule has 1 aromatic heterocycles. The summed E-state index contributed by atoms with van der Waals surface area (Å²) < 4.78 is 20.3. The van der Waals surface area contributed by atoms with Gasteiger partial charge in [0.15, 0.2) is 11.5 Å². The van der Waals surface area contributed by atoms with Gasteiger partial charge in [0.25, 0.3) is 5.56 Å². The van der Waals surface area contributed by atoms with E-state index in [4.69, 9.17) is 4.74 Å². The van der Waals surface area contributed by atoms with E-state index >= 15 is 0 Å². The molecule has 1 N–H and O–H groups in total. The number of aromatic hydroxyl groups is 1. The molecule has 2 heterocycles. The Bertz CT molecular complexity index is 1270. The van der Waals surface area contributed by atoms with E-state index in [1.54, 1.807) is 17.0 Å². The average Bonchev–Trinajstić information content (AvgIpc) is 2.86. The van der Waals surface area contributed by atoms with Gasteiger partial charge in [-0.05, 0) is 29.7 Å². The van der Waals surface area contributed by atoms with Gasteiger partial charge < -0.3 is 14.7 Å². The number of hydrogen-bond acceptors (Lipinski definition) is 6. The number of ketones is 1. The van der Waals surface area contributed by atoms with E-state index in [1.807, 2.05) is 30.3 Å². The molecule has 0 radical (unpaired) electrons. The Morgan fingerprint density at radius 3 is 2.49 bits per heavy atom. The van der Waals surface area contributed by atoms with Crippen LogP contribution in [0.15, 0.2) is 59.4 Å². The van der Waals surface area contributed by atoms with Gasteiger partial charge in [-0.1, -0.05) is 42.5 Å². The molecule has 0 fully saturated rings. The number of carbonyl (C=O) groups excluding carboxylic acids is 2. The summed E-state index contributed by atoms with van der Waals surface area (Å²) in [5, 5.41) is 10.5. The number of rotatable bonds is 8. The van der Waals surface area contributed by atoms with Crippen LogP contribution in [0, 0.1) is 5.82 Å². The molecule has 0 bridgehead atoms. The molecule has 9 heteroatoms. The average molecular weight is 480 g/mol. The Morgan fingerprint density at radius 2 is 1.80 bits per heavy atom. The molecular formula is C26H26FN3O5. The predicted octanol–water partition coefficient (Wildman–Crippen LogP) is 3.02. The molecule has 0 saturated carbocycles. The van der Waals surface area contributed by atoms with Crippen LogP contribution in [0.3, 0.4) is 0 Å². The van der Waals surface area contributed by atoms with Gasteiger partial charge in [0, 0.05) is 26.4 Å². The molecule has 2 aromatic carbocycles. The lowest BCUT2D eigenvalue weighted by atomic mass is 10.0. The number of ether oxygens (including phenoxy) is 1. The Hall–Kier alpha value is -3.85. The standard InChI is InChI=1S/C26H26FN3O5/c1-17(31)29-13-14-30-25(21(29)16-35-15-19-5-3-2-4-6-19)28-23(24(33)26(30)34)22(32)12-9-18-7-10-20(27)11-8-18/h2-8,10-11,21,33H,9,12-16H2,1H3. The van der Waals surface area contributed by atoms with Crippen molar-refractivity contribution in [2.45, 2.75) is 39.0 Å². The van der Waals surface area contributed by atoms with E-state index in [0.29, 0.717) is 13.0 Å². The highest BCUT2D eigenvalue weighted by molar-refractivity contribution is 5.96. The zero-order chi connectivity index (χ0) is 24.9. The topological polar surface area (TPSA) is 102 Å². The van der Waals surface area contributed by atoms with Crippen LogP contribution >= 0.6 is 0 Å². The van der Waals surface area contributed by atoms with Crippen LogP contribution < -0.4 is 5.56 Å². The van der Waals surface area contributed by atoms with Gasteiger partial charge in [-0.2, -0.15) is 0 Å². The summed E-state index contributed by atoms with van der Waals surface area (Å²) in [6.45, 7) is 2.19. The van der Waals surface area contributed by atoms with Crippen molar-refractivity contribution in [2.75, 3.05) is 13.2 Å². The smallest absolute Gasteiger partial charge is 0.296 e. The third kappa shape index (κ3) is 5.46. The molecule has 3 aromatic rings. The van der Waals surface area contributed by atoms with E-state index in [9.17, 15) is 23.9 Å². The van der Waals surface area contributed by atoms with E-state index in [1.165, 1.54) is 23.6 Å². The highest BCUT2D eigenvalue weighted by Gasteiger charge is 2.34. The van der Waals surface area contributed by atoms with Crippen molar-refractivity contribution in [3.05, 3.63) is 93.4 Å². The summed E-state index contributed by atoms with van der Waals surface area (Å²) in [5.74, 6) is -1.62. The van der Waals surface area contributed by atoms with Crippen molar-refractivity contribution in [1.82, 2.24) is 14.5 Å². The van der Waals surface area contributed by atoms with Crippen molar-refractivity contribution < 1.29 is 23.8 Å². The third-order valence-electron chi connectivity index (χ3n) is 6.02. The summed E-state index contributed by atoms with van der Waals surface area (Å²) in [4.78, 5) is 44.1. The molecule has 4 rings (SSSR count). The Morgan fingerprint density at radius 1 is 1.09 bits per heavy atom. The van der Waals surface area contributed by atoms with Crippen molar-refractivity contribution in [1.29, 1.82) is 0 Å². The number of nitrogens with zero attached hydrogens (tertiary/aromatic N) is 3. The SMILES string of the molecule is CC(=O)N1CCn2c(nc(C(=O)CCc3ccc(F)cc3)c(O)c2=O)C1COCc1ccccc1. The van der Waals surface area contributed by atoms with Crippen LogP contribution in [0.4, 0.5) is 4.39 Å². The minimum atomic E-state index is -0.726. The maximum atomic E-state index is 13.1. The Labute approximate surface area is 201 Å². The maximum absolute atomic E-state index is 13.1. The van der Waals surface area contributed by atoms with Gasteiger partial charge in [-0.15, -0.1) is 0 Å². The van der Waals surface area contributed by atoms with E-state index < -0.39 is 23.1 Å². The molecule has 8 nitrogen and oxygen atoms in total. The fraction of sp³-hybridized carbons (Fsp3) is 0.308. The number of amides is 1. The second-order valence-electron chi connectivity index (χ2n) is 8.40. The molecule has 182 valence electrons. The second kappa shape index (κ2) is 10.6. The first-order chi connectivity index (χ1) is 16.8. The third-order valence-corrected chi connectivity index (χ3v) is 6.02. The minimum absolute atomic E-state index is 0.0271. The molecule has 1 aliphatic rings. The number of aryl methyl sites for hydroxylation is 1. The molecule has 0 spiro atoms. The fourth-order valence-electron chi connectivity index (χ4n) is 4.16. The summed E-state index contributed by atoms with van der Waals surface area (Å²) in [7, 11) is 0. The maximum Gasteiger partial charge on any atom is 0.296 e. The quantitative estimate of drug-likeness (QED) is 0.499. The zero-order valence-corrected chi connectivity index (χ0v) is 19.3. The second-order valence-corrected chi connectivity index (χ2v) is 8.40. The normalized spacial score (nSPS) is 15.0. The lowest BCUT2D eigenvalue weighted by molar-refractivity contribution is -0.134. The minimum Gasteiger partial charge on any atom is -0.501 e. The van der Waals surface area contributed by atoms with Gasteiger partial charge in [0.1, 0.15) is 17.7 Å². The van der Waals surface area contributed by atoms with Crippen molar-refractivity contribution >= 4 is 11.7 Å². The molecule has 35 heavy (non-hydrogen) atoms. The monoisotopic (exact) mass is 479 g/mol. The number of halogens is 1. The largest absolute Gasteiger partial charge is 0.501 e. The first-order valence-corrected chi connectivity index (χ1v) is 11.4. The van der Waals surface area contributed by atoms with Crippen LogP contribution in [0.1, 0.15) is 46.8 Å². The molecule has 1 atom stereocenters. The van der Waals surface area contributed by atoms with Gasteiger partial charge in [-0.3, -0.25) is 19.0 Å². The predicted molar refractivity (Wildman–Crippen MR) is 125 cm³/mol. The van der Waals surface area contributed by atoms with E-state index in [0.717, 1.165) is 11.1 Å².